The molecular weight excluding hydrogens is 216 g/mol. The van der Waals surface area contributed by atoms with Gasteiger partial charge in [0.25, 0.3) is 0 Å². The van der Waals surface area contributed by atoms with E-state index in [0.29, 0.717) is 0 Å². The van der Waals surface area contributed by atoms with Crippen molar-refractivity contribution in [1.29, 1.82) is 0 Å². The molecule has 0 atom stereocenters. The zero-order chi connectivity index (χ0) is 11.4. The minimum Gasteiger partial charge on any atom is -0.287 e. The van der Waals surface area contributed by atoms with Crippen molar-refractivity contribution in [3.05, 3.63) is 54.6 Å². The number of carbonyl (C=O) groups excluding carboxylic acids is 1. The van der Waals surface area contributed by atoms with E-state index in [1.165, 1.54) is 22.9 Å². The van der Waals surface area contributed by atoms with Crippen molar-refractivity contribution in [2.45, 2.75) is 11.8 Å². The van der Waals surface area contributed by atoms with E-state index < -0.39 is 0 Å². The van der Waals surface area contributed by atoms with Gasteiger partial charge in [0.05, 0.1) is 0 Å². The van der Waals surface area contributed by atoms with Crippen molar-refractivity contribution >= 4 is 16.9 Å². The molecule has 0 aliphatic rings. The highest BCUT2D eigenvalue weighted by atomic mass is 32.2. The van der Waals surface area contributed by atoms with Crippen molar-refractivity contribution in [3.63, 3.8) is 0 Å². The Bertz CT molecular complexity index is 474. The maximum absolute atomic E-state index is 10.9. The molecule has 0 bridgehead atoms. The molecule has 0 saturated heterocycles. The van der Waals surface area contributed by atoms with Gasteiger partial charge in [0.15, 0.2) is 5.12 Å². The lowest BCUT2D eigenvalue weighted by Gasteiger charge is -2.02. The second-order valence-electron chi connectivity index (χ2n) is 3.48. The number of carbonyl (C=O) groups is 1. The Labute approximate surface area is 99.5 Å². The summed E-state index contributed by atoms with van der Waals surface area (Å²) >= 11 is 1.26. The van der Waals surface area contributed by atoms with Crippen molar-refractivity contribution in [3.8, 4) is 11.1 Å². The number of benzene rings is 2. The Kier molecular flexibility index (Phi) is 3.42. The lowest BCUT2D eigenvalue weighted by atomic mass is 10.1. The van der Waals surface area contributed by atoms with Crippen molar-refractivity contribution < 1.29 is 4.79 Å². The van der Waals surface area contributed by atoms with E-state index in [4.69, 9.17) is 0 Å². The fourth-order valence-corrected chi connectivity index (χ4v) is 2.12. The molecule has 0 aromatic heterocycles. The number of rotatable bonds is 2. The van der Waals surface area contributed by atoms with Gasteiger partial charge in [-0.1, -0.05) is 54.2 Å². The average Bonchev–Trinajstić information content (AvgIpc) is 2.30. The van der Waals surface area contributed by atoms with Crippen LogP contribution in [0.5, 0.6) is 0 Å². The highest BCUT2D eigenvalue weighted by molar-refractivity contribution is 8.13. The first kappa shape index (κ1) is 11.0. The second-order valence-corrected chi connectivity index (χ2v) is 4.73. The van der Waals surface area contributed by atoms with Gasteiger partial charge in [0.1, 0.15) is 0 Å². The normalized spacial score (nSPS) is 10.1. The van der Waals surface area contributed by atoms with Crippen LogP contribution in [0.2, 0.25) is 0 Å². The van der Waals surface area contributed by atoms with Crippen molar-refractivity contribution in [1.82, 2.24) is 0 Å². The molecule has 0 radical (unpaired) electrons. The molecule has 2 aromatic rings. The zero-order valence-electron chi connectivity index (χ0n) is 9.01. The fourth-order valence-electron chi connectivity index (χ4n) is 1.51. The van der Waals surface area contributed by atoms with E-state index in [1.54, 1.807) is 6.92 Å². The standard InChI is InChI=1S/C14H12OS/c1-11(15)16-14-9-7-13(8-10-14)12-5-3-2-4-6-12/h2-10H,1H3. The van der Waals surface area contributed by atoms with Crippen LogP contribution in [0.3, 0.4) is 0 Å². The van der Waals surface area contributed by atoms with Crippen LogP contribution in [-0.2, 0) is 4.79 Å². The van der Waals surface area contributed by atoms with Gasteiger partial charge in [-0.2, -0.15) is 0 Å². The second kappa shape index (κ2) is 4.99. The molecule has 0 N–H and O–H groups in total. The van der Waals surface area contributed by atoms with Gasteiger partial charge in [-0.25, -0.2) is 0 Å². The van der Waals surface area contributed by atoms with E-state index in [1.807, 2.05) is 42.5 Å². The first-order chi connectivity index (χ1) is 7.75. The lowest BCUT2D eigenvalue weighted by molar-refractivity contribution is -0.109. The SMILES string of the molecule is CC(=O)Sc1ccc(-c2ccccc2)cc1. The predicted octanol–water partition coefficient (Wildman–Crippen LogP) is 3.99. The molecule has 2 heteroatoms. The van der Waals surface area contributed by atoms with Gasteiger partial charge < -0.3 is 0 Å². The summed E-state index contributed by atoms with van der Waals surface area (Å²) in [5, 5.41) is 0.118. The van der Waals surface area contributed by atoms with Gasteiger partial charge in [-0.3, -0.25) is 4.79 Å². The molecule has 80 valence electrons. The van der Waals surface area contributed by atoms with Crippen LogP contribution in [0, 0.1) is 0 Å². The van der Waals surface area contributed by atoms with Crippen LogP contribution >= 0.6 is 11.8 Å². The molecule has 0 amide bonds. The monoisotopic (exact) mass is 228 g/mol. The third-order valence-corrected chi connectivity index (χ3v) is 3.02. The third-order valence-electron chi connectivity index (χ3n) is 2.22. The molecule has 0 saturated carbocycles. The summed E-state index contributed by atoms with van der Waals surface area (Å²) in [6.07, 6.45) is 0. The van der Waals surface area contributed by atoms with Crippen LogP contribution in [0.4, 0.5) is 0 Å². The first-order valence-corrected chi connectivity index (χ1v) is 5.91. The summed E-state index contributed by atoms with van der Waals surface area (Å²) in [6.45, 7) is 1.58. The quantitative estimate of drug-likeness (QED) is 0.723. The van der Waals surface area contributed by atoms with Crippen LogP contribution in [-0.4, -0.2) is 5.12 Å². The van der Waals surface area contributed by atoms with Gasteiger partial charge in [0.2, 0.25) is 0 Å². The molecule has 16 heavy (non-hydrogen) atoms. The summed E-state index contributed by atoms with van der Waals surface area (Å²) < 4.78 is 0. The van der Waals surface area contributed by atoms with Crippen LogP contribution in [0.25, 0.3) is 11.1 Å². The smallest absolute Gasteiger partial charge is 0.190 e. The highest BCUT2D eigenvalue weighted by Gasteiger charge is 1.99. The molecule has 0 heterocycles. The predicted molar refractivity (Wildman–Crippen MR) is 68.4 cm³/mol. The van der Waals surface area contributed by atoms with Gasteiger partial charge in [-0.05, 0) is 23.3 Å². The Balaban J connectivity index is 2.23. The molecule has 0 aliphatic carbocycles. The van der Waals surface area contributed by atoms with Crippen LogP contribution in [0.15, 0.2) is 59.5 Å². The highest BCUT2D eigenvalue weighted by Crippen LogP contribution is 2.24. The number of hydrogen-bond acceptors (Lipinski definition) is 2. The molecule has 0 unspecified atom stereocenters. The average molecular weight is 228 g/mol. The summed E-state index contributed by atoms with van der Waals surface area (Å²) in [6, 6.07) is 18.2. The van der Waals surface area contributed by atoms with E-state index >= 15 is 0 Å². The van der Waals surface area contributed by atoms with Gasteiger partial charge in [-0.15, -0.1) is 0 Å². The molecule has 0 spiro atoms. The molecule has 1 nitrogen and oxygen atoms in total. The Hall–Kier alpha value is -1.54. The largest absolute Gasteiger partial charge is 0.287 e. The minimum absolute atomic E-state index is 0.118. The van der Waals surface area contributed by atoms with Gasteiger partial charge >= 0.3 is 0 Å². The third kappa shape index (κ3) is 2.74. The van der Waals surface area contributed by atoms with E-state index in [0.717, 1.165) is 4.90 Å². The van der Waals surface area contributed by atoms with Crippen LogP contribution in [0.1, 0.15) is 6.92 Å². The maximum Gasteiger partial charge on any atom is 0.190 e. The lowest BCUT2D eigenvalue weighted by Crippen LogP contribution is -1.81. The fraction of sp³-hybridized carbons (Fsp3) is 0.0714. The van der Waals surface area contributed by atoms with Gasteiger partial charge in [0, 0.05) is 11.8 Å². The summed E-state index contributed by atoms with van der Waals surface area (Å²) in [5.41, 5.74) is 2.37. The minimum atomic E-state index is 0.118. The van der Waals surface area contributed by atoms with E-state index in [9.17, 15) is 4.79 Å². The summed E-state index contributed by atoms with van der Waals surface area (Å²) in [7, 11) is 0. The van der Waals surface area contributed by atoms with E-state index in [-0.39, 0.29) is 5.12 Å². The van der Waals surface area contributed by atoms with E-state index in [2.05, 4.69) is 12.1 Å². The van der Waals surface area contributed by atoms with Crippen molar-refractivity contribution in [2.75, 3.05) is 0 Å². The Morgan fingerprint density at radius 2 is 1.44 bits per heavy atom. The zero-order valence-corrected chi connectivity index (χ0v) is 9.83. The Morgan fingerprint density at radius 1 is 0.875 bits per heavy atom. The topological polar surface area (TPSA) is 17.1 Å². The maximum atomic E-state index is 10.9. The molecule has 2 aromatic carbocycles. The molecule has 2 rings (SSSR count). The Morgan fingerprint density at radius 3 is 2.00 bits per heavy atom. The van der Waals surface area contributed by atoms with Crippen molar-refractivity contribution in [2.24, 2.45) is 0 Å². The summed E-state index contributed by atoms with van der Waals surface area (Å²) in [4.78, 5) is 11.9. The summed E-state index contributed by atoms with van der Waals surface area (Å²) in [5.74, 6) is 0. The van der Waals surface area contributed by atoms with Crippen LogP contribution < -0.4 is 0 Å². The first-order valence-electron chi connectivity index (χ1n) is 5.09. The molecule has 0 aliphatic heterocycles. The molecular formula is C14H12OS. The number of thioether (sulfide) groups is 1. The number of hydrogen-bond donors (Lipinski definition) is 0. The molecule has 0 fully saturated rings.